The maximum atomic E-state index is 3.78. The van der Waals surface area contributed by atoms with Crippen molar-refractivity contribution in [3.8, 4) is 0 Å². The summed E-state index contributed by atoms with van der Waals surface area (Å²) in [5, 5.41) is 2.11. The van der Waals surface area contributed by atoms with E-state index in [1.54, 1.807) is 11.3 Å². The quantitative estimate of drug-likeness (QED) is 0.548. The van der Waals surface area contributed by atoms with Gasteiger partial charge in [0.15, 0.2) is 0 Å². The summed E-state index contributed by atoms with van der Waals surface area (Å²) in [6, 6.07) is 11.0. The lowest BCUT2D eigenvalue weighted by Gasteiger charge is -2.11. The molecule has 0 saturated carbocycles. The summed E-state index contributed by atoms with van der Waals surface area (Å²) in [4.78, 5) is 1.60. The fourth-order valence-corrected chi connectivity index (χ4v) is 4.72. The first-order valence-corrected chi connectivity index (χ1v) is 8.62. The SMILES string of the molecule is CC(C)Cc1ccc(C(Br)c2sccc2Br)cc1. The van der Waals surface area contributed by atoms with E-state index in [1.165, 1.54) is 20.5 Å². The summed E-state index contributed by atoms with van der Waals surface area (Å²) in [6.07, 6.45) is 1.15. The van der Waals surface area contributed by atoms with Gasteiger partial charge < -0.3 is 0 Å². The Bertz CT molecular complexity index is 499. The Balaban J connectivity index is 2.17. The van der Waals surface area contributed by atoms with Gasteiger partial charge in [0.2, 0.25) is 0 Å². The highest BCUT2D eigenvalue weighted by Crippen LogP contribution is 2.38. The van der Waals surface area contributed by atoms with Crippen LogP contribution in [0.25, 0.3) is 0 Å². The molecule has 1 heterocycles. The first-order valence-electron chi connectivity index (χ1n) is 6.03. The lowest BCUT2D eigenvalue weighted by molar-refractivity contribution is 0.647. The average Bonchev–Trinajstić information content (AvgIpc) is 2.75. The normalized spacial score (nSPS) is 12.9. The molecule has 0 radical (unpaired) electrons. The van der Waals surface area contributed by atoms with Gasteiger partial charge >= 0.3 is 0 Å². The second kappa shape index (κ2) is 6.36. The van der Waals surface area contributed by atoms with Crippen LogP contribution in [0, 0.1) is 5.92 Å². The van der Waals surface area contributed by atoms with E-state index in [1.807, 2.05) is 0 Å². The highest BCUT2D eigenvalue weighted by Gasteiger charge is 2.14. The first kappa shape index (κ1) is 14.3. The van der Waals surface area contributed by atoms with Crippen LogP contribution < -0.4 is 0 Å². The van der Waals surface area contributed by atoms with Crippen LogP contribution >= 0.6 is 43.2 Å². The molecular weight excluding hydrogens is 372 g/mol. The number of halogens is 2. The van der Waals surface area contributed by atoms with Crippen molar-refractivity contribution in [1.82, 2.24) is 0 Å². The van der Waals surface area contributed by atoms with E-state index in [-0.39, 0.29) is 4.83 Å². The van der Waals surface area contributed by atoms with Crippen molar-refractivity contribution < 1.29 is 0 Å². The van der Waals surface area contributed by atoms with Gasteiger partial charge in [-0.25, -0.2) is 0 Å². The maximum absolute atomic E-state index is 3.78. The fourth-order valence-electron chi connectivity index (χ4n) is 1.93. The largest absolute Gasteiger partial charge is 0.146 e. The minimum atomic E-state index is 0.278. The van der Waals surface area contributed by atoms with Gasteiger partial charge in [-0.05, 0) is 50.8 Å². The lowest BCUT2D eigenvalue weighted by atomic mass is 10.0. The van der Waals surface area contributed by atoms with Crippen molar-refractivity contribution >= 4 is 43.2 Å². The molecule has 96 valence electrons. The Morgan fingerprint density at radius 2 is 1.78 bits per heavy atom. The van der Waals surface area contributed by atoms with Crippen molar-refractivity contribution in [1.29, 1.82) is 0 Å². The lowest BCUT2D eigenvalue weighted by Crippen LogP contribution is -1.95. The van der Waals surface area contributed by atoms with Gasteiger partial charge in [0, 0.05) is 9.35 Å². The number of benzene rings is 1. The fraction of sp³-hybridized carbons (Fsp3) is 0.333. The molecule has 1 unspecified atom stereocenters. The third kappa shape index (κ3) is 3.46. The van der Waals surface area contributed by atoms with E-state index in [0.29, 0.717) is 5.92 Å². The first-order chi connectivity index (χ1) is 8.58. The minimum absolute atomic E-state index is 0.278. The monoisotopic (exact) mass is 386 g/mol. The van der Waals surface area contributed by atoms with Gasteiger partial charge in [-0.3, -0.25) is 0 Å². The Hall–Kier alpha value is -0.120. The van der Waals surface area contributed by atoms with Crippen molar-refractivity contribution in [3.63, 3.8) is 0 Å². The van der Waals surface area contributed by atoms with E-state index in [2.05, 4.69) is 81.4 Å². The van der Waals surface area contributed by atoms with Gasteiger partial charge in [-0.2, -0.15) is 0 Å². The minimum Gasteiger partial charge on any atom is -0.146 e. The van der Waals surface area contributed by atoms with Gasteiger partial charge in [0.25, 0.3) is 0 Å². The molecule has 2 rings (SSSR count). The van der Waals surface area contributed by atoms with Gasteiger partial charge in [0.1, 0.15) is 0 Å². The Morgan fingerprint density at radius 3 is 2.28 bits per heavy atom. The summed E-state index contributed by atoms with van der Waals surface area (Å²) in [5.41, 5.74) is 2.73. The molecule has 0 saturated heterocycles. The second-order valence-corrected chi connectivity index (χ2v) is 7.55. The highest BCUT2D eigenvalue weighted by atomic mass is 79.9. The molecule has 18 heavy (non-hydrogen) atoms. The van der Waals surface area contributed by atoms with Gasteiger partial charge in [-0.15, -0.1) is 11.3 Å². The summed E-state index contributed by atoms with van der Waals surface area (Å²) in [5.74, 6) is 0.710. The Kier molecular flexibility index (Phi) is 5.05. The molecule has 0 fully saturated rings. The molecule has 0 aliphatic rings. The molecule has 1 aromatic heterocycles. The highest BCUT2D eigenvalue weighted by molar-refractivity contribution is 9.11. The number of hydrogen-bond acceptors (Lipinski definition) is 1. The molecular formula is C15H16Br2S. The van der Waals surface area contributed by atoms with Crippen LogP contribution in [0.15, 0.2) is 40.2 Å². The van der Waals surface area contributed by atoms with Crippen molar-refractivity contribution in [3.05, 3.63) is 56.2 Å². The molecule has 3 heteroatoms. The van der Waals surface area contributed by atoms with E-state index in [0.717, 1.165) is 6.42 Å². The molecule has 0 nitrogen and oxygen atoms in total. The maximum Gasteiger partial charge on any atom is 0.0749 e. The summed E-state index contributed by atoms with van der Waals surface area (Å²) in [6.45, 7) is 4.51. The Labute approximate surface area is 130 Å². The predicted molar refractivity (Wildman–Crippen MR) is 87.8 cm³/mol. The van der Waals surface area contributed by atoms with Crippen LogP contribution in [0.4, 0.5) is 0 Å². The number of rotatable bonds is 4. The van der Waals surface area contributed by atoms with Gasteiger partial charge in [0.05, 0.1) is 4.83 Å². The summed E-state index contributed by atoms with van der Waals surface area (Å²) in [7, 11) is 0. The Morgan fingerprint density at radius 1 is 1.11 bits per heavy atom. The summed E-state index contributed by atoms with van der Waals surface area (Å²) < 4.78 is 1.18. The van der Waals surface area contributed by atoms with E-state index in [9.17, 15) is 0 Å². The standard InChI is InChI=1S/C15H16Br2S/c1-10(2)9-11-3-5-12(6-4-11)14(17)15-13(16)7-8-18-15/h3-8,10,14H,9H2,1-2H3. The van der Waals surface area contributed by atoms with Crippen LogP contribution in [-0.2, 0) is 6.42 Å². The zero-order valence-electron chi connectivity index (χ0n) is 10.5. The van der Waals surface area contributed by atoms with Crippen molar-refractivity contribution in [2.24, 2.45) is 5.92 Å². The van der Waals surface area contributed by atoms with Crippen LogP contribution in [0.5, 0.6) is 0 Å². The van der Waals surface area contributed by atoms with Crippen LogP contribution in [-0.4, -0.2) is 0 Å². The average molecular weight is 388 g/mol. The molecule has 0 aliphatic heterocycles. The van der Waals surface area contributed by atoms with E-state index >= 15 is 0 Å². The van der Waals surface area contributed by atoms with Crippen molar-refractivity contribution in [2.45, 2.75) is 25.1 Å². The zero-order valence-corrected chi connectivity index (χ0v) is 14.5. The van der Waals surface area contributed by atoms with E-state index in [4.69, 9.17) is 0 Å². The zero-order chi connectivity index (χ0) is 13.1. The molecule has 1 aromatic carbocycles. The molecule has 0 N–H and O–H groups in total. The molecule has 0 spiro atoms. The number of alkyl halides is 1. The number of hydrogen-bond donors (Lipinski definition) is 0. The van der Waals surface area contributed by atoms with Gasteiger partial charge in [-0.1, -0.05) is 54.0 Å². The second-order valence-electron chi connectivity index (χ2n) is 4.83. The molecule has 0 amide bonds. The van der Waals surface area contributed by atoms with Crippen molar-refractivity contribution in [2.75, 3.05) is 0 Å². The van der Waals surface area contributed by atoms with Crippen LogP contribution in [0.3, 0.4) is 0 Å². The molecule has 2 aromatic rings. The van der Waals surface area contributed by atoms with Crippen LogP contribution in [0.1, 0.15) is 34.7 Å². The van der Waals surface area contributed by atoms with E-state index < -0.39 is 0 Å². The third-order valence-corrected chi connectivity index (χ3v) is 6.02. The molecule has 0 aliphatic carbocycles. The molecule has 1 atom stereocenters. The topological polar surface area (TPSA) is 0 Å². The summed E-state index contributed by atoms with van der Waals surface area (Å²) >= 11 is 9.15. The van der Waals surface area contributed by atoms with Crippen LogP contribution in [0.2, 0.25) is 0 Å². The smallest absolute Gasteiger partial charge is 0.0749 e. The number of thiophene rings is 1. The predicted octanol–water partition coefficient (Wildman–Crippen LogP) is 6.19. The third-order valence-electron chi connectivity index (χ3n) is 2.79. The molecule has 0 bridgehead atoms.